The third-order valence-corrected chi connectivity index (χ3v) is 5.53. The summed E-state index contributed by atoms with van der Waals surface area (Å²) < 4.78 is 22.7. The fourth-order valence-electron chi connectivity index (χ4n) is 2.31. The second-order valence-corrected chi connectivity index (χ2v) is 6.54. The molecule has 1 saturated carbocycles. The molecule has 0 aromatic rings. The van der Waals surface area contributed by atoms with Gasteiger partial charge in [-0.15, -0.1) is 0 Å². The molecule has 0 radical (unpaired) electrons. The van der Waals surface area contributed by atoms with E-state index in [0.717, 1.165) is 32.1 Å². The van der Waals surface area contributed by atoms with Gasteiger partial charge < -0.3 is 5.73 Å². The van der Waals surface area contributed by atoms with Crippen LogP contribution >= 0.6 is 0 Å². The van der Waals surface area contributed by atoms with E-state index >= 15 is 0 Å². The molecule has 2 N–H and O–H groups in total. The van der Waals surface area contributed by atoms with E-state index in [1.807, 2.05) is 6.92 Å². The third kappa shape index (κ3) is 1.89. The lowest BCUT2D eigenvalue weighted by Gasteiger charge is -2.38. The van der Waals surface area contributed by atoms with Crippen LogP contribution in [0.15, 0.2) is 0 Å². The predicted octanol–water partition coefficient (Wildman–Crippen LogP) is 1.08. The Kier molecular flexibility index (Phi) is 3.02. The average Bonchev–Trinajstić information content (AvgIpc) is 2.03. The van der Waals surface area contributed by atoms with Gasteiger partial charge >= 0.3 is 0 Å². The van der Waals surface area contributed by atoms with Gasteiger partial charge in [0.1, 0.15) is 0 Å². The number of hydrogen-bond acceptors (Lipinski definition) is 3. The highest BCUT2D eigenvalue weighted by Gasteiger charge is 2.44. The van der Waals surface area contributed by atoms with Crippen molar-refractivity contribution in [2.24, 2.45) is 5.73 Å². The number of sulfone groups is 1. The van der Waals surface area contributed by atoms with Crippen LogP contribution in [0.5, 0.6) is 0 Å². The first-order chi connectivity index (χ1) is 5.90. The summed E-state index contributed by atoms with van der Waals surface area (Å²) in [7, 11) is -3.01. The first-order valence-corrected chi connectivity index (χ1v) is 6.74. The van der Waals surface area contributed by atoms with E-state index in [9.17, 15) is 8.42 Å². The van der Waals surface area contributed by atoms with Crippen LogP contribution in [0.1, 0.15) is 39.0 Å². The molecule has 0 aromatic carbocycles. The van der Waals surface area contributed by atoms with Gasteiger partial charge in [0.25, 0.3) is 0 Å². The molecular weight excluding hydrogens is 186 g/mol. The maximum atomic E-state index is 11.7. The number of nitrogens with two attached hydrogens (primary N) is 1. The van der Waals surface area contributed by atoms with Crippen LogP contribution in [0.25, 0.3) is 0 Å². The summed E-state index contributed by atoms with van der Waals surface area (Å²) in [6, 6.07) is -0.247. The van der Waals surface area contributed by atoms with Gasteiger partial charge in [0.2, 0.25) is 0 Å². The van der Waals surface area contributed by atoms with Gasteiger partial charge in [-0.3, -0.25) is 0 Å². The minimum Gasteiger partial charge on any atom is -0.327 e. The molecule has 1 rings (SSSR count). The van der Waals surface area contributed by atoms with Crippen LogP contribution in [0.2, 0.25) is 0 Å². The zero-order valence-electron chi connectivity index (χ0n) is 8.41. The van der Waals surface area contributed by atoms with E-state index in [0.29, 0.717) is 0 Å². The van der Waals surface area contributed by atoms with Crippen molar-refractivity contribution in [2.45, 2.75) is 49.8 Å². The Hall–Kier alpha value is -0.0900. The van der Waals surface area contributed by atoms with Crippen molar-refractivity contribution in [3.8, 4) is 0 Å². The van der Waals surface area contributed by atoms with Crippen LogP contribution in [-0.2, 0) is 9.84 Å². The Bertz CT molecular complexity index is 263. The van der Waals surface area contributed by atoms with E-state index in [1.54, 1.807) is 0 Å². The molecule has 0 bridgehead atoms. The fourth-order valence-corrected chi connectivity index (χ4v) is 4.02. The summed E-state index contributed by atoms with van der Waals surface area (Å²) >= 11 is 0. The number of rotatable bonds is 2. The van der Waals surface area contributed by atoms with Crippen LogP contribution in [0.3, 0.4) is 0 Å². The van der Waals surface area contributed by atoms with Gasteiger partial charge in [0, 0.05) is 12.3 Å². The second-order valence-electron chi connectivity index (χ2n) is 4.19. The molecule has 13 heavy (non-hydrogen) atoms. The summed E-state index contributed by atoms with van der Waals surface area (Å²) in [5, 5.41) is 0. The summed E-state index contributed by atoms with van der Waals surface area (Å²) in [6.07, 6.45) is 5.93. The van der Waals surface area contributed by atoms with Crippen molar-refractivity contribution >= 4 is 9.84 Å². The van der Waals surface area contributed by atoms with E-state index < -0.39 is 14.6 Å². The zero-order chi connectivity index (χ0) is 10.1. The third-order valence-electron chi connectivity index (χ3n) is 3.27. The standard InChI is InChI=1S/C9H19NO2S/c1-8(10)9(13(2,11)12)6-4-3-5-7-9/h8H,3-7,10H2,1-2H3. The molecule has 1 atom stereocenters. The Balaban J connectivity index is 3.00. The molecule has 0 amide bonds. The molecule has 0 aliphatic heterocycles. The number of hydrogen-bond donors (Lipinski definition) is 1. The molecule has 1 aliphatic carbocycles. The maximum Gasteiger partial charge on any atom is 0.154 e. The lowest BCUT2D eigenvalue weighted by Crippen LogP contribution is -2.52. The van der Waals surface area contributed by atoms with Gasteiger partial charge in [-0.25, -0.2) is 8.42 Å². The Morgan fingerprint density at radius 2 is 1.69 bits per heavy atom. The van der Waals surface area contributed by atoms with E-state index in [1.165, 1.54) is 6.26 Å². The maximum absolute atomic E-state index is 11.7. The van der Waals surface area contributed by atoms with E-state index in [4.69, 9.17) is 5.73 Å². The highest BCUT2D eigenvalue weighted by Crippen LogP contribution is 2.36. The van der Waals surface area contributed by atoms with Crippen molar-refractivity contribution in [3.63, 3.8) is 0 Å². The minimum atomic E-state index is -3.01. The van der Waals surface area contributed by atoms with Gasteiger partial charge in [-0.1, -0.05) is 19.3 Å². The van der Waals surface area contributed by atoms with Crippen molar-refractivity contribution in [3.05, 3.63) is 0 Å². The molecule has 0 saturated heterocycles. The molecule has 1 aliphatic rings. The SMILES string of the molecule is CC(N)C1(S(C)(=O)=O)CCCCC1. The van der Waals surface area contributed by atoms with Gasteiger partial charge in [-0.05, 0) is 19.8 Å². The quantitative estimate of drug-likeness (QED) is 0.734. The van der Waals surface area contributed by atoms with Crippen LogP contribution in [0, 0.1) is 0 Å². The second kappa shape index (κ2) is 3.58. The lowest BCUT2D eigenvalue weighted by atomic mass is 9.84. The van der Waals surface area contributed by atoms with Crippen molar-refractivity contribution in [1.82, 2.24) is 0 Å². The van der Waals surface area contributed by atoms with E-state index in [-0.39, 0.29) is 6.04 Å². The normalized spacial score (nSPS) is 25.5. The average molecular weight is 205 g/mol. The first kappa shape index (κ1) is 11.0. The van der Waals surface area contributed by atoms with Crippen LogP contribution in [0.4, 0.5) is 0 Å². The van der Waals surface area contributed by atoms with Gasteiger partial charge in [0.05, 0.1) is 4.75 Å². The molecule has 1 unspecified atom stereocenters. The molecule has 0 heterocycles. The first-order valence-electron chi connectivity index (χ1n) is 4.85. The smallest absolute Gasteiger partial charge is 0.154 e. The van der Waals surface area contributed by atoms with Crippen LogP contribution in [-0.4, -0.2) is 25.5 Å². The summed E-state index contributed by atoms with van der Waals surface area (Å²) in [5.41, 5.74) is 5.81. The Morgan fingerprint density at radius 3 is 1.92 bits per heavy atom. The van der Waals surface area contributed by atoms with Crippen LogP contribution < -0.4 is 5.73 Å². The molecule has 0 spiro atoms. The van der Waals surface area contributed by atoms with Crippen molar-refractivity contribution in [2.75, 3.05) is 6.26 Å². The van der Waals surface area contributed by atoms with E-state index in [2.05, 4.69) is 0 Å². The molecule has 1 fully saturated rings. The lowest BCUT2D eigenvalue weighted by molar-refractivity contribution is 0.335. The van der Waals surface area contributed by atoms with Crippen molar-refractivity contribution in [1.29, 1.82) is 0 Å². The fraction of sp³-hybridized carbons (Fsp3) is 1.00. The topological polar surface area (TPSA) is 60.2 Å². The van der Waals surface area contributed by atoms with Gasteiger partial charge in [-0.2, -0.15) is 0 Å². The highest BCUT2D eigenvalue weighted by molar-refractivity contribution is 7.92. The van der Waals surface area contributed by atoms with Gasteiger partial charge in [0.15, 0.2) is 9.84 Å². The zero-order valence-corrected chi connectivity index (χ0v) is 9.23. The molecule has 4 heteroatoms. The molecule has 3 nitrogen and oxygen atoms in total. The molecular formula is C9H19NO2S. The summed E-state index contributed by atoms with van der Waals surface area (Å²) in [5.74, 6) is 0. The van der Waals surface area contributed by atoms with Crippen molar-refractivity contribution < 1.29 is 8.42 Å². The molecule has 78 valence electrons. The predicted molar refractivity (Wildman–Crippen MR) is 54.3 cm³/mol. The minimum absolute atomic E-state index is 0.247. The highest BCUT2D eigenvalue weighted by atomic mass is 32.2. The summed E-state index contributed by atoms with van der Waals surface area (Å²) in [4.78, 5) is 0. The Morgan fingerprint density at radius 1 is 1.23 bits per heavy atom. The Labute approximate surface area is 80.6 Å². The largest absolute Gasteiger partial charge is 0.327 e. The molecule has 0 aromatic heterocycles. The monoisotopic (exact) mass is 205 g/mol. The summed E-state index contributed by atoms with van der Waals surface area (Å²) in [6.45, 7) is 1.81.